The second-order valence-electron chi connectivity index (χ2n) is 6.04. The Morgan fingerprint density at radius 2 is 2.33 bits per heavy atom. The molecule has 3 rings (SSSR count). The average Bonchev–Trinajstić information content (AvgIpc) is 3.08. The highest BCUT2D eigenvalue weighted by Gasteiger charge is 2.39. The van der Waals surface area contributed by atoms with Crippen molar-refractivity contribution in [3.63, 3.8) is 0 Å². The van der Waals surface area contributed by atoms with Crippen LogP contribution in [0, 0.1) is 5.92 Å². The standard InChI is InChI=1S/C14H23N3O/c1-3-14(7-4-8-15-14)13-16-12(17-18-13)11-6-5-10(2)9-11/h10-11,15H,3-9H2,1-2H3. The van der Waals surface area contributed by atoms with Crippen LogP contribution in [0.1, 0.15) is 70.0 Å². The fraction of sp³-hybridized carbons (Fsp3) is 0.857. The molecule has 100 valence electrons. The zero-order valence-electron chi connectivity index (χ0n) is 11.4. The maximum absolute atomic E-state index is 5.57. The van der Waals surface area contributed by atoms with Gasteiger partial charge in [-0.1, -0.05) is 19.0 Å². The van der Waals surface area contributed by atoms with Crippen LogP contribution in [0.5, 0.6) is 0 Å². The maximum atomic E-state index is 5.57. The van der Waals surface area contributed by atoms with E-state index in [1.165, 1.54) is 25.7 Å². The molecule has 2 heterocycles. The lowest BCUT2D eigenvalue weighted by molar-refractivity contribution is 0.248. The van der Waals surface area contributed by atoms with Gasteiger partial charge in [0.2, 0.25) is 5.89 Å². The summed E-state index contributed by atoms with van der Waals surface area (Å²) in [5, 5.41) is 7.80. The number of nitrogens with zero attached hydrogens (tertiary/aromatic N) is 2. The minimum absolute atomic E-state index is 0.0462. The lowest BCUT2D eigenvalue weighted by Crippen LogP contribution is -2.36. The summed E-state index contributed by atoms with van der Waals surface area (Å²) in [7, 11) is 0. The van der Waals surface area contributed by atoms with Crippen molar-refractivity contribution in [2.75, 3.05) is 6.54 Å². The monoisotopic (exact) mass is 249 g/mol. The molecule has 0 spiro atoms. The van der Waals surface area contributed by atoms with Crippen LogP contribution in [0.2, 0.25) is 0 Å². The van der Waals surface area contributed by atoms with E-state index in [0.717, 1.165) is 37.0 Å². The molecule has 0 radical (unpaired) electrons. The SMILES string of the molecule is CCC1(c2nc(C3CCC(C)C3)no2)CCCN1. The smallest absolute Gasteiger partial charge is 0.246 e. The molecule has 4 heteroatoms. The fourth-order valence-electron chi connectivity index (χ4n) is 3.48. The van der Waals surface area contributed by atoms with Gasteiger partial charge in [-0.25, -0.2) is 0 Å². The second-order valence-corrected chi connectivity index (χ2v) is 6.04. The zero-order chi connectivity index (χ0) is 12.6. The van der Waals surface area contributed by atoms with Gasteiger partial charge in [-0.3, -0.25) is 0 Å². The van der Waals surface area contributed by atoms with Gasteiger partial charge < -0.3 is 9.84 Å². The van der Waals surface area contributed by atoms with Gasteiger partial charge in [-0.2, -0.15) is 4.98 Å². The first kappa shape index (κ1) is 12.2. The van der Waals surface area contributed by atoms with Gasteiger partial charge in [0.1, 0.15) is 0 Å². The van der Waals surface area contributed by atoms with Crippen LogP contribution in [0.3, 0.4) is 0 Å². The minimum atomic E-state index is -0.0462. The van der Waals surface area contributed by atoms with Crippen molar-refractivity contribution in [1.29, 1.82) is 0 Å². The Morgan fingerprint density at radius 3 is 2.94 bits per heavy atom. The number of hydrogen-bond donors (Lipinski definition) is 1. The van der Waals surface area contributed by atoms with E-state index in [-0.39, 0.29) is 5.54 Å². The summed E-state index contributed by atoms with van der Waals surface area (Å²) in [6.07, 6.45) is 7.07. The van der Waals surface area contributed by atoms with Crippen molar-refractivity contribution < 1.29 is 4.52 Å². The highest BCUT2D eigenvalue weighted by molar-refractivity contribution is 5.08. The van der Waals surface area contributed by atoms with Crippen LogP contribution in [-0.2, 0) is 5.54 Å². The van der Waals surface area contributed by atoms with Gasteiger partial charge in [0.25, 0.3) is 0 Å². The van der Waals surface area contributed by atoms with Crippen molar-refractivity contribution in [1.82, 2.24) is 15.5 Å². The van der Waals surface area contributed by atoms with Crippen LogP contribution < -0.4 is 5.32 Å². The molecule has 2 aliphatic rings. The summed E-state index contributed by atoms with van der Waals surface area (Å²) in [6, 6.07) is 0. The summed E-state index contributed by atoms with van der Waals surface area (Å²) in [5.41, 5.74) is -0.0462. The van der Waals surface area contributed by atoms with Crippen molar-refractivity contribution >= 4 is 0 Å². The molecule has 0 amide bonds. The highest BCUT2D eigenvalue weighted by atomic mass is 16.5. The van der Waals surface area contributed by atoms with E-state index in [0.29, 0.717) is 5.92 Å². The molecule has 2 fully saturated rings. The fourth-order valence-corrected chi connectivity index (χ4v) is 3.48. The van der Waals surface area contributed by atoms with Gasteiger partial charge in [0.05, 0.1) is 5.54 Å². The Hall–Kier alpha value is -0.900. The minimum Gasteiger partial charge on any atom is -0.337 e. The normalized spacial score (nSPS) is 36.3. The van der Waals surface area contributed by atoms with Gasteiger partial charge in [0, 0.05) is 5.92 Å². The third kappa shape index (κ3) is 1.96. The van der Waals surface area contributed by atoms with Gasteiger partial charge >= 0.3 is 0 Å². The molecule has 1 aromatic heterocycles. The molecule has 3 atom stereocenters. The molecule has 4 nitrogen and oxygen atoms in total. The van der Waals surface area contributed by atoms with Crippen molar-refractivity contribution in [2.24, 2.45) is 5.92 Å². The lowest BCUT2D eigenvalue weighted by atomic mass is 9.94. The summed E-state index contributed by atoms with van der Waals surface area (Å²) in [6.45, 7) is 5.57. The van der Waals surface area contributed by atoms with E-state index in [2.05, 4.69) is 24.3 Å². The predicted molar refractivity (Wildman–Crippen MR) is 69.3 cm³/mol. The number of aromatic nitrogens is 2. The zero-order valence-corrected chi connectivity index (χ0v) is 11.4. The molecule has 3 unspecified atom stereocenters. The van der Waals surface area contributed by atoms with E-state index in [9.17, 15) is 0 Å². The quantitative estimate of drug-likeness (QED) is 0.894. The van der Waals surface area contributed by atoms with E-state index < -0.39 is 0 Å². The van der Waals surface area contributed by atoms with Gasteiger partial charge in [-0.05, 0) is 51.0 Å². The van der Waals surface area contributed by atoms with Crippen LogP contribution in [-0.4, -0.2) is 16.7 Å². The molecule has 1 saturated heterocycles. The summed E-state index contributed by atoms with van der Waals surface area (Å²) >= 11 is 0. The first-order valence-corrected chi connectivity index (χ1v) is 7.32. The maximum Gasteiger partial charge on any atom is 0.246 e. The van der Waals surface area contributed by atoms with Crippen LogP contribution in [0.25, 0.3) is 0 Å². The van der Waals surface area contributed by atoms with Crippen LogP contribution >= 0.6 is 0 Å². The average molecular weight is 249 g/mol. The topological polar surface area (TPSA) is 51.0 Å². The first-order valence-electron chi connectivity index (χ1n) is 7.32. The van der Waals surface area contributed by atoms with E-state index in [1.54, 1.807) is 0 Å². The number of rotatable bonds is 3. The molecule has 18 heavy (non-hydrogen) atoms. The van der Waals surface area contributed by atoms with Gasteiger partial charge in [-0.15, -0.1) is 0 Å². The molecule has 1 N–H and O–H groups in total. The summed E-state index contributed by atoms with van der Waals surface area (Å²) in [5.74, 6) is 3.09. The van der Waals surface area contributed by atoms with E-state index >= 15 is 0 Å². The van der Waals surface area contributed by atoms with E-state index in [4.69, 9.17) is 9.51 Å². The molecule has 0 aromatic carbocycles. The first-order chi connectivity index (χ1) is 8.73. The largest absolute Gasteiger partial charge is 0.337 e. The third-order valence-electron chi connectivity index (χ3n) is 4.76. The summed E-state index contributed by atoms with van der Waals surface area (Å²) in [4.78, 5) is 4.71. The Bertz CT molecular complexity index is 409. The van der Waals surface area contributed by atoms with Crippen molar-refractivity contribution in [3.8, 4) is 0 Å². The molecule has 1 aliphatic heterocycles. The van der Waals surface area contributed by atoms with Crippen molar-refractivity contribution in [2.45, 2.75) is 63.8 Å². The molecule has 1 aromatic rings. The van der Waals surface area contributed by atoms with Gasteiger partial charge in [0.15, 0.2) is 5.82 Å². The molecule has 1 saturated carbocycles. The highest BCUT2D eigenvalue weighted by Crippen LogP contribution is 2.38. The molecular formula is C14H23N3O. The molecule has 0 bridgehead atoms. The molecule has 1 aliphatic carbocycles. The Labute approximate surface area is 109 Å². The number of hydrogen-bond acceptors (Lipinski definition) is 4. The summed E-state index contributed by atoms with van der Waals surface area (Å²) < 4.78 is 5.57. The van der Waals surface area contributed by atoms with Crippen LogP contribution in [0.15, 0.2) is 4.52 Å². The number of nitrogens with one attached hydrogen (secondary N) is 1. The predicted octanol–water partition coefficient (Wildman–Crippen LogP) is 2.96. The Kier molecular flexibility index (Phi) is 3.14. The van der Waals surface area contributed by atoms with Crippen molar-refractivity contribution in [3.05, 3.63) is 11.7 Å². The Morgan fingerprint density at radius 1 is 1.44 bits per heavy atom. The Balaban J connectivity index is 1.80. The van der Waals surface area contributed by atoms with Crippen LogP contribution in [0.4, 0.5) is 0 Å². The lowest BCUT2D eigenvalue weighted by Gasteiger charge is -2.22. The second kappa shape index (κ2) is 4.65. The third-order valence-corrected chi connectivity index (χ3v) is 4.76. The molecular weight excluding hydrogens is 226 g/mol. The van der Waals surface area contributed by atoms with E-state index in [1.807, 2.05) is 0 Å².